The molecule has 2 aromatic rings. The maximum Gasteiger partial charge on any atom is 0.271 e. The standard InChI is InChI=1S/C19H20Cl2N4O3/c1-13(19(26)22-18-6-5-16(25(27)28)12-17(18)21)23-7-9-24(10-8-23)15-4-2-3-14(20)11-15/h2-6,11-13H,7-10H2,1H3,(H,22,26). The summed E-state index contributed by atoms with van der Waals surface area (Å²) in [5.74, 6) is -0.202. The van der Waals surface area contributed by atoms with Crippen LogP contribution in [-0.2, 0) is 4.79 Å². The van der Waals surface area contributed by atoms with Crippen LogP contribution < -0.4 is 10.2 Å². The van der Waals surface area contributed by atoms with Crippen LogP contribution in [0.15, 0.2) is 42.5 Å². The van der Waals surface area contributed by atoms with Crippen LogP contribution in [-0.4, -0.2) is 48.0 Å². The topological polar surface area (TPSA) is 78.7 Å². The molecular formula is C19H20Cl2N4O3. The van der Waals surface area contributed by atoms with Crippen molar-refractivity contribution < 1.29 is 9.72 Å². The second-order valence-electron chi connectivity index (χ2n) is 6.59. The molecule has 0 aromatic heterocycles. The summed E-state index contributed by atoms with van der Waals surface area (Å²) >= 11 is 12.1. The predicted molar refractivity (Wildman–Crippen MR) is 111 cm³/mol. The minimum Gasteiger partial charge on any atom is -0.369 e. The zero-order valence-corrected chi connectivity index (χ0v) is 16.8. The molecule has 0 spiro atoms. The van der Waals surface area contributed by atoms with Crippen LogP contribution in [0.25, 0.3) is 0 Å². The summed E-state index contributed by atoms with van der Waals surface area (Å²) in [6.45, 7) is 4.88. The molecule has 9 heteroatoms. The number of nitrogens with zero attached hydrogens (tertiary/aromatic N) is 3. The molecule has 1 aliphatic heterocycles. The van der Waals surface area contributed by atoms with E-state index in [1.54, 1.807) is 0 Å². The molecule has 0 bridgehead atoms. The maximum atomic E-state index is 12.6. The summed E-state index contributed by atoms with van der Waals surface area (Å²) in [5.41, 5.74) is 1.32. The van der Waals surface area contributed by atoms with Gasteiger partial charge < -0.3 is 10.2 Å². The van der Waals surface area contributed by atoms with Gasteiger partial charge in [0, 0.05) is 49.0 Å². The molecule has 1 unspecified atom stereocenters. The van der Waals surface area contributed by atoms with Gasteiger partial charge in [-0.15, -0.1) is 0 Å². The number of non-ortho nitro benzene ring substituents is 1. The van der Waals surface area contributed by atoms with Crippen molar-refractivity contribution in [3.63, 3.8) is 0 Å². The van der Waals surface area contributed by atoms with Crippen LogP contribution in [0.1, 0.15) is 6.92 Å². The number of benzene rings is 2. The molecule has 3 rings (SSSR count). The third-order valence-electron chi connectivity index (χ3n) is 4.84. The molecule has 148 valence electrons. The average molecular weight is 423 g/mol. The monoisotopic (exact) mass is 422 g/mol. The Morgan fingerprint density at radius 2 is 1.86 bits per heavy atom. The molecule has 0 radical (unpaired) electrons. The number of halogens is 2. The Balaban J connectivity index is 1.58. The number of anilines is 2. The molecule has 2 aromatic carbocycles. The first-order valence-corrected chi connectivity index (χ1v) is 9.60. The van der Waals surface area contributed by atoms with Gasteiger partial charge in [0.1, 0.15) is 0 Å². The Labute approximate surface area is 173 Å². The van der Waals surface area contributed by atoms with Gasteiger partial charge in [0.2, 0.25) is 5.91 Å². The van der Waals surface area contributed by atoms with Gasteiger partial charge in [-0.2, -0.15) is 0 Å². The highest BCUT2D eigenvalue weighted by Crippen LogP contribution is 2.27. The number of nitro benzene ring substituents is 1. The zero-order valence-electron chi connectivity index (χ0n) is 15.3. The van der Waals surface area contributed by atoms with Crippen molar-refractivity contribution in [3.8, 4) is 0 Å². The second-order valence-corrected chi connectivity index (χ2v) is 7.43. The Kier molecular flexibility index (Phi) is 6.39. The van der Waals surface area contributed by atoms with Crippen LogP contribution >= 0.6 is 23.2 Å². The van der Waals surface area contributed by atoms with E-state index in [1.807, 2.05) is 31.2 Å². The van der Waals surface area contributed by atoms with E-state index in [0.29, 0.717) is 10.7 Å². The molecule has 1 N–H and O–H groups in total. The summed E-state index contributed by atoms with van der Waals surface area (Å²) < 4.78 is 0. The molecule has 1 amide bonds. The number of nitrogens with one attached hydrogen (secondary N) is 1. The van der Waals surface area contributed by atoms with Crippen LogP contribution in [0.4, 0.5) is 17.1 Å². The highest BCUT2D eigenvalue weighted by atomic mass is 35.5. The SMILES string of the molecule is CC(C(=O)Nc1ccc([N+](=O)[O-])cc1Cl)N1CCN(c2cccc(Cl)c2)CC1. The van der Waals surface area contributed by atoms with Gasteiger partial charge in [0.25, 0.3) is 5.69 Å². The number of piperazine rings is 1. The first-order valence-electron chi connectivity index (χ1n) is 8.84. The first-order chi connectivity index (χ1) is 13.3. The van der Waals surface area contributed by atoms with Crippen LogP contribution in [0.2, 0.25) is 10.0 Å². The highest BCUT2D eigenvalue weighted by molar-refractivity contribution is 6.34. The summed E-state index contributed by atoms with van der Waals surface area (Å²) in [6.07, 6.45) is 0. The third-order valence-corrected chi connectivity index (χ3v) is 5.38. The molecule has 28 heavy (non-hydrogen) atoms. The summed E-state index contributed by atoms with van der Waals surface area (Å²) in [7, 11) is 0. The van der Waals surface area contributed by atoms with Gasteiger partial charge >= 0.3 is 0 Å². The van der Waals surface area contributed by atoms with Crippen molar-refractivity contribution in [3.05, 3.63) is 62.6 Å². The molecule has 1 fully saturated rings. The van der Waals surface area contributed by atoms with Crippen LogP contribution in [0, 0.1) is 10.1 Å². The lowest BCUT2D eigenvalue weighted by Crippen LogP contribution is -2.52. The molecule has 7 nitrogen and oxygen atoms in total. The number of carbonyl (C=O) groups is 1. The minimum atomic E-state index is -0.528. The van der Waals surface area contributed by atoms with Crippen molar-refractivity contribution in [1.29, 1.82) is 0 Å². The van der Waals surface area contributed by atoms with Gasteiger partial charge in [-0.1, -0.05) is 29.3 Å². The highest BCUT2D eigenvalue weighted by Gasteiger charge is 2.26. The fourth-order valence-electron chi connectivity index (χ4n) is 3.16. The van der Waals surface area contributed by atoms with Crippen molar-refractivity contribution in [2.75, 3.05) is 36.4 Å². The number of rotatable bonds is 5. The van der Waals surface area contributed by atoms with E-state index in [4.69, 9.17) is 23.2 Å². The smallest absolute Gasteiger partial charge is 0.271 e. The van der Waals surface area contributed by atoms with E-state index in [1.165, 1.54) is 18.2 Å². The van der Waals surface area contributed by atoms with E-state index in [0.717, 1.165) is 31.9 Å². The van der Waals surface area contributed by atoms with E-state index < -0.39 is 4.92 Å². The number of hydrogen-bond acceptors (Lipinski definition) is 5. The lowest BCUT2D eigenvalue weighted by Gasteiger charge is -2.38. The number of amides is 1. The largest absolute Gasteiger partial charge is 0.369 e. The van der Waals surface area contributed by atoms with Gasteiger partial charge in [0.15, 0.2) is 0 Å². The molecule has 1 heterocycles. The van der Waals surface area contributed by atoms with Gasteiger partial charge in [0.05, 0.1) is 21.7 Å². The van der Waals surface area contributed by atoms with Gasteiger partial charge in [-0.05, 0) is 31.2 Å². The molecule has 1 aliphatic rings. The molecule has 0 aliphatic carbocycles. The van der Waals surface area contributed by atoms with Crippen LogP contribution in [0.3, 0.4) is 0 Å². The Bertz CT molecular complexity index is 885. The second kappa shape index (κ2) is 8.77. The Morgan fingerprint density at radius 1 is 1.14 bits per heavy atom. The predicted octanol–water partition coefficient (Wildman–Crippen LogP) is 4.05. The summed E-state index contributed by atoms with van der Waals surface area (Å²) in [5, 5.41) is 14.4. The molecular weight excluding hydrogens is 403 g/mol. The van der Waals surface area contributed by atoms with Gasteiger partial charge in [-0.25, -0.2) is 0 Å². The van der Waals surface area contributed by atoms with Crippen molar-refractivity contribution in [1.82, 2.24) is 4.90 Å². The van der Waals surface area contributed by atoms with Crippen molar-refractivity contribution in [2.24, 2.45) is 0 Å². The number of hydrogen-bond donors (Lipinski definition) is 1. The van der Waals surface area contributed by atoms with E-state index in [2.05, 4.69) is 15.1 Å². The van der Waals surface area contributed by atoms with E-state index in [-0.39, 0.29) is 22.7 Å². The summed E-state index contributed by atoms with van der Waals surface area (Å²) in [6, 6.07) is 11.4. The lowest BCUT2D eigenvalue weighted by atomic mass is 10.2. The fraction of sp³-hybridized carbons (Fsp3) is 0.316. The summed E-state index contributed by atoms with van der Waals surface area (Å²) in [4.78, 5) is 27.2. The lowest BCUT2D eigenvalue weighted by molar-refractivity contribution is -0.384. The van der Waals surface area contributed by atoms with Crippen molar-refractivity contribution >= 4 is 46.2 Å². The normalized spacial score (nSPS) is 15.9. The number of carbonyl (C=O) groups excluding carboxylic acids is 1. The van der Waals surface area contributed by atoms with E-state index >= 15 is 0 Å². The number of nitro groups is 1. The third kappa shape index (κ3) is 4.73. The first kappa shape index (κ1) is 20.4. The minimum absolute atomic E-state index is 0.117. The molecule has 0 saturated carbocycles. The maximum absolute atomic E-state index is 12.6. The Hall–Kier alpha value is -2.35. The quantitative estimate of drug-likeness (QED) is 0.580. The molecule has 1 atom stereocenters. The van der Waals surface area contributed by atoms with Crippen LogP contribution in [0.5, 0.6) is 0 Å². The van der Waals surface area contributed by atoms with Gasteiger partial charge in [-0.3, -0.25) is 19.8 Å². The van der Waals surface area contributed by atoms with Crippen molar-refractivity contribution in [2.45, 2.75) is 13.0 Å². The molecule has 1 saturated heterocycles. The fourth-order valence-corrected chi connectivity index (χ4v) is 3.57. The zero-order chi connectivity index (χ0) is 20.3. The van der Waals surface area contributed by atoms with E-state index in [9.17, 15) is 14.9 Å². The Morgan fingerprint density at radius 3 is 2.46 bits per heavy atom. The average Bonchev–Trinajstić information content (AvgIpc) is 2.69.